The zero-order chi connectivity index (χ0) is 13.3. The van der Waals surface area contributed by atoms with Gasteiger partial charge in [0.25, 0.3) is 0 Å². The molecule has 1 saturated heterocycles. The number of halogens is 2. The molecular weight excluding hydrogens is 297 g/mol. The van der Waals surface area contributed by atoms with E-state index in [9.17, 15) is 9.35 Å². The first-order chi connectivity index (χ1) is 8.54. The third-order valence-electron chi connectivity index (χ3n) is 2.63. The van der Waals surface area contributed by atoms with Crippen molar-refractivity contribution >= 4 is 46.2 Å². The van der Waals surface area contributed by atoms with Crippen LogP contribution in [0.15, 0.2) is 12.1 Å². The first kappa shape index (κ1) is 13.8. The van der Waals surface area contributed by atoms with Crippen LogP contribution in [0.2, 0.25) is 10.0 Å². The molecule has 1 aliphatic rings. The number of methoxy groups -OCH3 is 1. The Balaban J connectivity index is 2.43. The summed E-state index contributed by atoms with van der Waals surface area (Å²) >= 11 is 10.9. The molecule has 0 spiro atoms. The van der Waals surface area contributed by atoms with Gasteiger partial charge in [0.15, 0.2) is 0 Å². The standard InChI is InChI=1S/C11H11Cl2NO3S/c1-17-11(15)8-5-7(6-9(12)10(8)13)14-3-2-4-18(14)16/h5-6H,2-4H2,1H3. The third kappa shape index (κ3) is 2.54. The van der Waals surface area contributed by atoms with Crippen molar-refractivity contribution in [2.45, 2.75) is 6.42 Å². The molecule has 98 valence electrons. The molecule has 1 aromatic carbocycles. The van der Waals surface area contributed by atoms with Crippen molar-refractivity contribution in [3.63, 3.8) is 0 Å². The number of rotatable bonds is 2. The molecule has 1 atom stereocenters. The Labute approximate surface area is 118 Å². The Morgan fingerprint density at radius 3 is 2.78 bits per heavy atom. The van der Waals surface area contributed by atoms with Gasteiger partial charge in [-0.15, -0.1) is 0 Å². The summed E-state index contributed by atoms with van der Waals surface area (Å²) in [6.07, 6.45) is 0.848. The maximum Gasteiger partial charge on any atom is 0.339 e. The van der Waals surface area contributed by atoms with Crippen LogP contribution in [0.25, 0.3) is 0 Å². The minimum absolute atomic E-state index is 0.150. The molecule has 7 heteroatoms. The molecule has 1 aliphatic heterocycles. The van der Waals surface area contributed by atoms with Gasteiger partial charge in [0.05, 0.1) is 46.3 Å². The van der Waals surface area contributed by atoms with Gasteiger partial charge in [-0.2, -0.15) is 4.31 Å². The number of anilines is 1. The number of carbonyl (C=O) groups is 1. The van der Waals surface area contributed by atoms with Crippen molar-refractivity contribution in [3.05, 3.63) is 27.7 Å². The second kappa shape index (κ2) is 5.57. The Morgan fingerprint density at radius 1 is 1.50 bits per heavy atom. The van der Waals surface area contributed by atoms with E-state index in [0.717, 1.165) is 6.42 Å². The van der Waals surface area contributed by atoms with Gasteiger partial charge in [0.2, 0.25) is 0 Å². The molecule has 0 amide bonds. The summed E-state index contributed by atoms with van der Waals surface area (Å²) in [5.41, 5.74) is 0.811. The van der Waals surface area contributed by atoms with E-state index < -0.39 is 17.3 Å². The normalized spacial score (nSPS) is 19.1. The molecule has 0 N–H and O–H groups in total. The van der Waals surface area contributed by atoms with E-state index in [0.29, 0.717) is 18.0 Å². The van der Waals surface area contributed by atoms with Crippen LogP contribution in [0.1, 0.15) is 16.8 Å². The Kier molecular flexibility index (Phi) is 4.27. The highest BCUT2D eigenvalue weighted by Gasteiger charge is 2.29. The van der Waals surface area contributed by atoms with Gasteiger partial charge in [-0.25, -0.2) is 4.79 Å². The molecule has 1 aromatic rings. The fourth-order valence-corrected chi connectivity index (χ4v) is 3.44. The van der Waals surface area contributed by atoms with Crippen molar-refractivity contribution in [2.24, 2.45) is 0 Å². The molecule has 2 rings (SSSR count). The molecular formula is C11H11Cl2NO3S. The monoisotopic (exact) mass is 307 g/mol. The second-order valence-corrected chi connectivity index (χ2v) is 6.04. The van der Waals surface area contributed by atoms with Crippen molar-refractivity contribution in [3.8, 4) is 0 Å². The highest BCUT2D eigenvalue weighted by molar-refractivity contribution is 7.93. The second-order valence-electron chi connectivity index (χ2n) is 3.76. The summed E-state index contributed by atoms with van der Waals surface area (Å²) in [6.45, 7) is 0.672. The van der Waals surface area contributed by atoms with Crippen LogP contribution in [-0.4, -0.2) is 29.9 Å². The lowest BCUT2D eigenvalue weighted by Crippen LogP contribution is -2.25. The van der Waals surface area contributed by atoms with Gasteiger partial charge in [-0.05, 0) is 12.1 Å². The fourth-order valence-electron chi connectivity index (χ4n) is 1.77. The number of benzene rings is 1. The molecule has 18 heavy (non-hydrogen) atoms. The highest BCUT2D eigenvalue weighted by atomic mass is 35.5. The van der Waals surface area contributed by atoms with Crippen molar-refractivity contribution in [2.75, 3.05) is 23.7 Å². The van der Waals surface area contributed by atoms with Gasteiger partial charge in [-0.1, -0.05) is 23.2 Å². The van der Waals surface area contributed by atoms with E-state index in [1.165, 1.54) is 7.11 Å². The predicted octanol–water partition coefficient (Wildman–Crippen LogP) is 2.65. The minimum Gasteiger partial charge on any atom is -0.593 e. The molecule has 1 fully saturated rings. The number of hydrogen-bond acceptors (Lipinski definition) is 4. The lowest BCUT2D eigenvalue weighted by atomic mass is 10.2. The number of carbonyl (C=O) groups excluding carboxylic acids is 1. The lowest BCUT2D eigenvalue weighted by Gasteiger charge is -2.19. The van der Waals surface area contributed by atoms with E-state index in [2.05, 4.69) is 4.74 Å². The number of nitrogens with zero attached hydrogens (tertiary/aromatic N) is 1. The van der Waals surface area contributed by atoms with Crippen molar-refractivity contribution in [1.29, 1.82) is 0 Å². The fraction of sp³-hybridized carbons (Fsp3) is 0.364. The Morgan fingerprint density at radius 2 is 2.22 bits per heavy atom. The van der Waals surface area contributed by atoms with Crippen LogP contribution in [-0.2, 0) is 16.1 Å². The zero-order valence-corrected chi connectivity index (χ0v) is 11.9. The average molecular weight is 308 g/mol. The quantitative estimate of drug-likeness (QED) is 0.622. The zero-order valence-electron chi connectivity index (χ0n) is 9.61. The van der Waals surface area contributed by atoms with Crippen LogP contribution in [0, 0.1) is 0 Å². The molecule has 1 unspecified atom stereocenters. The van der Waals surface area contributed by atoms with Gasteiger partial charge in [0.1, 0.15) is 5.75 Å². The Hall–Kier alpha value is -0.620. The van der Waals surface area contributed by atoms with Crippen molar-refractivity contribution in [1.82, 2.24) is 0 Å². The summed E-state index contributed by atoms with van der Waals surface area (Å²) in [5.74, 6) is 0.0575. The first-order valence-corrected chi connectivity index (χ1v) is 7.31. The van der Waals surface area contributed by atoms with E-state index in [4.69, 9.17) is 23.2 Å². The van der Waals surface area contributed by atoms with E-state index in [1.807, 2.05) is 0 Å². The Bertz CT molecular complexity index is 484. The topological polar surface area (TPSA) is 52.6 Å². The predicted molar refractivity (Wildman–Crippen MR) is 72.8 cm³/mol. The first-order valence-electron chi connectivity index (χ1n) is 5.28. The van der Waals surface area contributed by atoms with Crippen LogP contribution in [0.3, 0.4) is 0 Å². The number of ether oxygens (including phenoxy) is 1. The van der Waals surface area contributed by atoms with Gasteiger partial charge < -0.3 is 9.29 Å². The van der Waals surface area contributed by atoms with E-state index >= 15 is 0 Å². The molecule has 4 nitrogen and oxygen atoms in total. The maximum atomic E-state index is 11.8. The van der Waals surface area contributed by atoms with Gasteiger partial charge in [-0.3, -0.25) is 0 Å². The molecule has 0 bridgehead atoms. The van der Waals surface area contributed by atoms with E-state index in [-0.39, 0.29) is 15.6 Å². The minimum atomic E-state index is -1.07. The molecule has 0 aromatic heterocycles. The largest absolute Gasteiger partial charge is 0.593 e. The van der Waals surface area contributed by atoms with Crippen LogP contribution in [0.4, 0.5) is 5.69 Å². The number of hydrogen-bond donors (Lipinski definition) is 0. The van der Waals surface area contributed by atoms with Gasteiger partial charge >= 0.3 is 5.97 Å². The van der Waals surface area contributed by atoms with Crippen LogP contribution < -0.4 is 4.31 Å². The van der Waals surface area contributed by atoms with E-state index in [1.54, 1.807) is 16.4 Å². The summed E-state index contributed by atoms with van der Waals surface area (Å²) in [4.78, 5) is 11.6. The smallest absolute Gasteiger partial charge is 0.339 e. The average Bonchev–Trinajstić information content (AvgIpc) is 2.78. The third-order valence-corrected chi connectivity index (χ3v) is 4.96. The maximum absolute atomic E-state index is 11.8. The van der Waals surface area contributed by atoms with Gasteiger partial charge in [0, 0.05) is 6.42 Å². The van der Waals surface area contributed by atoms with Crippen LogP contribution in [0.5, 0.6) is 0 Å². The summed E-state index contributed by atoms with van der Waals surface area (Å²) < 4.78 is 18.1. The summed E-state index contributed by atoms with van der Waals surface area (Å²) in [5, 5.41) is 0.399. The molecule has 0 aliphatic carbocycles. The summed E-state index contributed by atoms with van der Waals surface area (Å²) in [6, 6.07) is 3.17. The van der Waals surface area contributed by atoms with Crippen LogP contribution >= 0.6 is 23.2 Å². The number of esters is 1. The summed E-state index contributed by atoms with van der Waals surface area (Å²) in [7, 11) is 1.27. The highest BCUT2D eigenvalue weighted by Crippen LogP contribution is 2.34. The molecule has 1 heterocycles. The molecule has 0 saturated carbocycles. The lowest BCUT2D eigenvalue weighted by molar-refractivity contribution is 0.0601. The van der Waals surface area contributed by atoms with Crippen molar-refractivity contribution < 1.29 is 14.1 Å². The molecule has 0 radical (unpaired) electrons. The SMILES string of the molecule is COC(=O)c1cc(N2CCC[S+]2[O-])cc(Cl)c1Cl.